The third-order valence-corrected chi connectivity index (χ3v) is 4.79. The summed E-state index contributed by atoms with van der Waals surface area (Å²) in [5.74, 6) is 2.15. The highest BCUT2D eigenvalue weighted by atomic mass is 127. The van der Waals surface area contributed by atoms with Crippen molar-refractivity contribution in [3.05, 3.63) is 22.7 Å². The van der Waals surface area contributed by atoms with Crippen molar-refractivity contribution >= 4 is 41.5 Å². The van der Waals surface area contributed by atoms with E-state index in [0.29, 0.717) is 36.3 Å². The third-order valence-electron chi connectivity index (χ3n) is 4.51. The van der Waals surface area contributed by atoms with E-state index in [1.165, 1.54) is 32.4 Å². The van der Waals surface area contributed by atoms with Gasteiger partial charge in [0.15, 0.2) is 17.5 Å². The number of halogens is 2. The van der Waals surface area contributed by atoms with E-state index < -0.39 is 0 Å². The van der Waals surface area contributed by atoms with Crippen molar-refractivity contribution in [2.24, 2.45) is 4.99 Å². The van der Waals surface area contributed by atoms with Crippen LogP contribution in [0.25, 0.3) is 0 Å². The van der Waals surface area contributed by atoms with Crippen LogP contribution in [0.15, 0.2) is 17.1 Å². The Bertz CT molecular complexity index is 609. The first kappa shape index (κ1) is 21.4. The highest BCUT2D eigenvalue weighted by Gasteiger charge is 2.16. The Morgan fingerprint density at radius 2 is 1.92 bits per heavy atom. The Morgan fingerprint density at radius 1 is 1.15 bits per heavy atom. The summed E-state index contributed by atoms with van der Waals surface area (Å²) in [6, 6.07) is 3.87. The molecular formula is C18H28ClIN4O2. The van der Waals surface area contributed by atoms with Crippen molar-refractivity contribution in [2.45, 2.75) is 25.8 Å². The van der Waals surface area contributed by atoms with Crippen LogP contribution in [0.2, 0.25) is 5.02 Å². The Kier molecular flexibility index (Phi) is 9.07. The molecule has 6 nitrogen and oxygen atoms in total. The van der Waals surface area contributed by atoms with Gasteiger partial charge in [0.25, 0.3) is 0 Å². The van der Waals surface area contributed by atoms with Gasteiger partial charge in [0.1, 0.15) is 13.2 Å². The fourth-order valence-electron chi connectivity index (χ4n) is 3.19. The number of benzene rings is 1. The van der Waals surface area contributed by atoms with Crippen LogP contribution in [-0.4, -0.2) is 57.3 Å². The topological polar surface area (TPSA) is 58.1 Å². The zero-order chi connectivity index (χ0) is 17.5. The molecule has 2 heterocycles. The van der Waals surface area contributed by atoms with E-state index in [0.717, 1.165) is 24.6 Å². The molecule has 1 saturated heterocycles. The van der Waals surface area contributed by atoms with Crippen molar-refractivity contribution in [3.63, 3.8) is 0 Å². The van der Waals surface area contributed by atoms with E-state index in [1.807, 2.05) is 12.1 Å². The number of aliphatic imine (C=N–C) groups is 1. The molecule has 0 spiro atoms. The summed E-state index contributed by atoms with van der Waals surface area (Å²) in [6.45, 7) is 6.09. The number of fused-ring (bicyclic) bond motifs is 1. The first-order valence-corrected chi connectivity index (χ1v) is 9.39. The molecule has 0 aliphatic carbocycles. The molecule has 3 rings (SSSR count). The number of hydrogen-bond acceptors (Lipinski definition) is 4. The minimum atomic E-state index is 0. The van der Waals surface area contributed by atoms with E-state index in [4.69, 9.17) is 21.1 Å². The summed E-state index contributed by atoms with van der Waals surface area (Å²) in [5.41, 5.74) is 1.04. The zero-order valence-electron chi connectivity index (χ0n) is 15.2. The van der Waals surface area contributed by atoms with Crippen LogP contribution in [0.5, 0.6) is 11.5 Å². The molecule has 2 aliphatic heterocycles. The molecule has 0 unspecified atom stereocenters. The molecule has 0 aromatic heterocycles. The summed E-state index contributed by atoms with van der Waals surface area (Å²) in [5, 5.41) is 7.28. The van der Waals surface area contributed by atoms with Crippen molar-refractivity contribution in [2.75, 3.05) is 46.4 Å². The monoisotopic (exact) mass is 494 g/mol. The lowest BCUT2D eigenvalue weighted by Crippen LogP contribution is -2.42. The van der Waals surface area contributed by atoms with Gasteiger partial charge in [0.2, 0.25) is 0 Å². The summed E-state index contributed by atoms with van der Waals surface area (Å²) in [4.78, 5) is 6.79. The van der Waals surface area contributed by atoms with Crippen molar-refractivity contribution in [1.29, 1.82) is 0 Å². The second-order valence-electron chi connectivity index (χ2n) is 6.36. The Labute approximate surface area is 177 Å². The number of likely N-dealkylation sites (tertiary alicyclic amines) is 1. The lowest BCUT2D eigenvalue weighted by atomic mass is 10.1. The highest BCUT2D eigenvalue weighted by Crippen LogP contribution is 2.38. The molecule has 0 radical (unpaired) electrons. The van der Waals surface area contributed by atoms with Gasteiger partial charge in [-0.2, -0.15) is 0 Å². The quantitative estimate of drug-likeness (QED) is 0.375. The zero-order valence-corrected chi connectivity index (χ0v) is 18.3. The van der Waals surface area contributed by atoms with Crippen LogP contribution in [0.1, 0.15) is 24.8 Å². The smallest absolute Gasteiger partial charge is 0.191 e. The van der Waals surface area contributed by atoms with Gasteiger partial charge in [0, 0.05) is 26.7 Å². The summed E-state index contributed by atoms with van der Waals surface area (Å²) < 4.78 is 11.2. The molecular weight excluding hydrogens is 467 g/mol. The molecule has 1 aromatic carbocycles. The fourth-order valence-corrected chi connectivity index (χ4v) is 3.48. The maximum atomic E-state index is 6.28. The fraction of sp³-hybridized carbons (Fsp3) is 0.611. The van der Waals surface area contributed by atoms with Gasteiger partial charge < -0.3 is 25.0 Å². The van der Waals surface area contributed by atoms with Crippen molar-refractivity contribution in [1.82, 2.24) is 15.5 Å². The summed E-state index contributed by atoms with van der Waals surface area (Å²) >= 11 is 6.28. The average Bonchev–Trinajstić information content (AvgIpc) is 2.65. The number of rotatable bonds is 5. The number of nitrogens with one attached hydrogen (secondary N) is 2. The second-order valence-corrected chi connectivity index (χ2v) is 6.76. The number of piperidine rings is 1. The van der Waals surface area contributed by atoms with Crippen LogP contribution in [0.4, 0.5) is 0 Å². The standard InChI is InChI=1S/C18H27ClN4O2.HI/c1-20-18(21-5-8-23-6-3-2-4-7-23)22-13-14-11-15(19)17-16(12-14)24-9-10-25-17;/h11-12H,2-10,13H2,1H3,(H2,20,21,22);1H. The first-order valence-electron chi connectivity index (χ1n) is 9.01. The number of ether oxygens (including phenoxy) is 2. The predicted octanol–water partition coefficient (Wildman–Crippen LogP) is 2.88. The Hall–Kier alpha value is -0.930. The molecule has 1 fully saturated rings. The maximum absolute atomic E-state index is 6.28. The number of nitrogens with zero attached hydrogens (tertiary/aromatic N) is 2. The van der Waals surface area contributed by atoms with E-state index >= 15 is 0 Å². The third kappa shape index (κ3) is 6.06. The molecule has 26 heavy (non-hydrogen) atoms. The molecule has 2 N–H and O–H groups in total. The lowest BCUT2D eigenvalue weighted by Gasteiger charge is -2.26. The molecule has 0 bridgehead atoms. The average molecular weight is 495 g/mol. The SMILES string of the molecule is CN=C(NCCN1CCCCC1)NCc1cc(Cl)c2c(c1)OCCO2.I. The van der Waals surface area contributed by atoms with E-state index in [1.54, 1.807) is 7.05 Å². The molecule has 0 atom stereocenters. The molecule has 2 aliphatic rings. The van der Waals surface area contributed by atoms with Gasteiger partial charge in [-0.3, -0.25) is 4.99 Å². The van der Waals surface area contributed by atoms with Crippen LogP contribution in [-0.2, 0) is 6.54 Å². The van der Waals surface area contributed by atoms with Crippen LogP contribution < -0.4 is 20.1 Å². The van der Waals surface area contributed by atoms with Gasteiger partial charge in [-0.25, -0.2) is 0 Å². The Balaban J connectivity index is 0.00000243. The second kappa shape index (κ2) is 11.0. The molecule has 1 aromatic rings. The summed E-state index contributed by atoms with van der Waals surface area (Å²) in [6.07, 6.45) is 4.00. The predicted molar refractivity (Wildman–Crippen MR) is 116 cm³/mol. The van der Waals surface area contributed by atoms with Crippen molar-refractivity contribution < 1.29 is 9.47 Å². The van der Waals surface area contributed by atoms with Crippen LogP contribution in [0.3, 0.4) is 0 Å². The maximum Gasteiger partial charge on any atom is 0.191 e. The highest BCUT2D eigenvalue weighted by molar-refractivity contribution is 14.0. The van der Waals surface area contributed by atoms with Crippen molar-refractivity contribution in [3.8, 4) is 11.5 Å². The lowest BCUT2D eigenvalue weighted by molar-refractivity contribution is 0.171. The number of guanidine groups is 1. The van der Waals surface area contributed by atoms with E-state index in [9.17, 15) is 0 Å². The van der Waals surface area contributed by atoms with Gasteiger partial charge in [-0.15, -0.1) is 24.0 Å². The van der Waals surface area contributed by atoms with Crippen LogP contribution >= 0.6 is 35.6 Å². The van der Waals surface area contributed by atoms with Gasteiger partial charge in [-0.1, -0.05) is 18.0 Å². The molecule has 146 valence electrons. The van der Waals surface area contributed by atoms with Gasteiger partial charge in [0.05, 0.1) is 5.02 Å². The minimum absolute atomic E-state index is 0. The van der Waals surface area contributed by atoms with Crippen LogP contribution in [0, 0.1) is 0 Å². The summed E-state index contributed by atoms with van der Waals surface area (Å²) in [7, 11) is 1.78. The first-order chi connectivity index (χ1) is 12.3. The normalized spacial score (nSPS) is 17.4. The van der Waals surface area contributed by atoms with Gasteiger partial charge >= 0.3 is 0 Å². The Morgan fingerprint density at radius 3 is 2.69 bits per heavy atom. The minimum Gasteiger partial charge on any atom is -0.486 e. The molecule has 0 saturated carbocycles. The van der Waals surface area contributed by atoms with E-state index in [2.05, 4.69) is 20.5 Å². The van der Waals surface area contributed by atoms with E-state index in [-0.39, 0.29) is 24.0 Å². The number of hydrogen-bond donors (Lipinski definition) is 2. The molecule has 8 heteroatoms. The van der Waals surface area contributed by atoms with Gasteiger partial charge in [-0.05, 0) is 43.6 Å². The molecule has 0 amide bonds. The largest absolute Gasteiger partial charge is 0.486 e.